The highest BCUT2D eigenvalue weighted by molar-refractivity contribution is 6.06. The van der Waals surface area contributed by atoms with Gasteiger partial charge in [-0.15, -0.1) is 0 Å². The van der Waals surface area contributed by atoms with E-state index in [2.05, 4.69) is 10.1 Å². The van der Waals surface area contributed by atoms with Crippen molar-refractivity contribution in [3.63, 3.8) is 0 Å². The maximum atomic E-state index is 13.0. The molecule has 0 atom stereocenters. The van der Waals surface area contributed by atoms with E-state index in [4.69, 9.17) is 4.74 Å². The van der Waals surface area contributed by atoms with Gasteiger partial charge in [-0.3, -0.25) is 19.7 Å². The van der Waals surface area contributed by atoms with E-state index < -0.39 is 33.9 Å². The van der Waals surface area contributed by atoms with E-state index in [0.29, 0.717) is 11.4 Å². The monoisotopic (exact) mass is 462 g/mol. The maximum Gasteiger partial charge on any atom is 0.420 e. The van der Waals surface area contributed by atoms with Crippen molar-refractivity contribution in [3.8, 4) is 11.5 Å². The van der Waals surface area contributed by atoms with E-state index in [1.165, 1.54) is 31.4 Å². The van der Waals surface area contributed by atoms with E-state index in [9.17, 15) is 32.9 Å². The minimum atomic E-state index is -4.77. The number of nitro benzene ring substituents is 1. The summed E-state index contributed by atoms with van der Waals surface area (Å²) in [6.07, 6.45) is -4.77. The zero-order valence-electron chi connectivity index (χ0n) is 17.0. The lowest BCUT2D eigenvalue weighted by molar-refractivity contribution is -0.384. The fourth-order valence-electron chi connectivity index (χ4n) is 2.54. The first-order valence-electron chi connectivity index (χ1n) is 9.12. The van der Waals surface area contributed by atoms with Crippen LogP contribution in [0.5, 0.6) is 11.5 Å². The predicted octanol–water partition coefficient (Wildman–Crippen LogP) is 5.10. The van der Waals surface area contributed by atoms with Gasteiger partial charge in [0.25, 0.3) is 18.1 Å². The lowest BCUT2D eigenvalue weighted by atomic mass is 10.1. The third-order valence-electron chi connectivity index (χ3n) is 4.05. The number of rotatable bonds is 6. The van der Waals surface area contributed by atoms with Crippen molar-refractivity contribution in [1.82, 2.24) is 0 Å². The average Bonchev–Trinajstić information content (AvgIpc) is 2.80. The molecule has 0 bridgehead atoms. The molecule has 11 heteroatoms. The quantitative estimate of drug-likeness (QED) is 0.310. The topological polar surface area (TPSA) is 108 Å². The second kappa shape index (κ2) is 11.3. The van der Waals surface area contributed by atoms with Crippen LogP contribution in [0.15, 0.2) is 72.8 Å². The first kappa shape index (κ1) is 24.9. The van der Waals surface area contributed by atoms with Gasteiger partial charge in [0.15, 0.2) is 5.75 Å². The molecule has 33 heavy (non-hydrogen) atoms. The van der Waals surface area contributed by atoms with Crippen molar-refractivity contribution in [2.24, 2.45) is 0 Å². The maximum absolute atomic E-state index is 13.0. The number of hydrogen-bond donors (Lipinski definition) is 1. The highest BCUT2D eigenvalue weighted by atomic mass is 19.4. The number of methoxy groups -OCH3 is 1. The molecule has 1 N–H and O–H groups in total. The lowest BCUT2D eigenvalue weighted by Gasteiger charge is -2.14. The molecule has 0 aliphatic carbocycles. The van der Waals surface area contributed by atoms with Gasteiger partial charge in [0, 0.05) is 17.8 Å². The highest BCUT2D eigenvalue weighted by Gasteiger charge is 2.36. The number of halogens is 3. The number of carbonyl (C=O) groups is 2. The van der Waals surface area contributed by atoms with Crippen molar-refractivity contribution in [2.75, 3.05) is 12.4 Å². The van der Waals surface area contributed by atoms with E-state index in [1.54, 1.807) is 30.3 Å². The summed E-state index contributed by atoms with van der Waals surface area (Å²) in [4.78, 5) is 32.3. The van der Waals surface area contributed by atoms with Crippen LogP contribution in [0.1, 0.15) is 15.9 Å². The van der Waals surface area contributed by atoms with Crippen LogP contribution in [0.2, 0.25) is 0 Å². The largest absolute Gasteiger partial charge is 0.497 e. The molecular weight excluding hydrogens is 445 g/mol. The molecule has 172 valence electrons. The molecule has 0 unspecified atom stereocenters. The van der Waals surface area contributed by atoms with Crippen LogP contribution < -0.4 is 14.8 Å². The molecule has 0 fully saturated rings. The number of nitrogens with zero attached hydrogens (tertiary/aromatic N) is 1. The zero-order valence-corrected chi connectivity index (χ0v) is 17.0. The minimum Gasteiger partial charge on any atom is -0.497 e. The van der Waals surface area contributed by atoms with E-state index in [0.717, 1.165) is 18.2 Å². The number of ether oxygens (including phenoxy) is 2. The predicted molar refractivity (Wildman–Crippen MR) is 112 cm³/mol. The number of non-ortho nitro benzene ring substituents is 1. The second-order valence-corrected chi connectivity index (χ2v) is 6.17. The summed E-state index contributed by atoms with van der Waals surface area (Å²) in [5.41, 5.74) is -1.14. The van der Waals surface area contributed by atoms with Crippen LogP contribution in [-0.4, -0.2) is 24.4 Å². The van der Waals surface area contributed by atoms with E-state index >= 15 is 0 Å². The smallest absolute Gasteiger partial charge is 0.420 e. The Labute approximate surface area is 185 Å². The summed E-state index contributed by atoms with van der Waals surface area (Å²) in [6, 6.07) is 17.0. The molecule has 0 aromatic heterocycles. The first-order chi connectivity index (χ1) is 15.7. The van der Waals surface area contributed by atoms with Crippen molar-refractivity contribution >= 4 is 23.8 Å². The van der Waals surface area contributed by atoms with Gasteiger partial charge in [-0.05, 0) is 36.4 Å². The van der Waals surface area contributed by atoms with Crippen molar-refractivity contribution in [1.29, 1.82) is 0 Å². The Kier molecular flexibility index (Phi) is 8.49. The van der Waals surface area contributed by atoms with Gasteiger partial charge in [0.05, 0.1) is 23.2 Å². The van der Waals surface area contributed by atoms with Crippen LogP contribution in [0, 0.1) is 10.1 Å². The Morgan fingerprint density at radius 2 is 1.64 bits per heavy atom. The number of carbonyl (C=O) groups excluding carboxylic acids is 2. The summed E-state index contributed by atoms with van der Waals surface area (Å²) in [5.74, 6) is -1.13. The molecule has 0 heterocycles. The fraction of sp³-hybridized carbons (Fsp3) is 0.0909. The van der Waals surface area contributed by atoms with Crippen molar-refractivity contribution < 1.29 is 37.2 Å². The SMILES string of the molecule is COc1ccc(NC(=O)c2cccc(C(F)(F)F)c2OC=O)cc1.O=[N+]([O-])c1ccccc1. The van der Waals surface area contributed by atoms with E-state index in [1.807, 2.05) is 0 Å². The molecular formula is C22H17F3N2O6. The Bertz CT molecular complexity index is 1100. The van der Waals surface area contributed by atoms with E-state index in [-0.39, 0.29) is 12.2 Å². The Balaban J connectivity index is 0.000000357. The molecule has 0 spiro atoms. The van der Waals surface area contributed by atoms with Crippen LogP contribution in [0.4, 0.5) is 24.5 Å². The molecule has 3 rings (SSSR count). The normalized spacial score (nSPS) is 10.3. The summed E-state index contributed by atoms with van der Waals surface area (Å²) in [7, 11) is 1.47. The third kappa shape index (κ3) is 7.06. The molecule has 0 saturated carbocycles. The number of amides is 1. The van der Waals surface area contributed by atoms with Gasteiger partial charge >= 0.3 is 6.18 Å². The Morgan fingerprint density at radius 1 is 1.00 bits per heavy atom. The number of alkyl halides is 3. The minimum absolute atomic E-state index is 0.137. The highest BCUT2D eigenvalue weighted by Crippen LogP contribution is 2.38. The molecule has 0 radical (unpaired) electrons. The van der Waals surface area contributed by atoms with Gasteiger partial charge in [-0.1, -0.05) is 24.3 Å². The molecule has 3 aromatic rings. The molecule has 1 amide bonds. The van der Waals surface area contributed by atoms with Crippen molar-refractivity contribution in [3.05, 3.63) is 94.0 Å². The summed E-state index contributed by atoms with van der Waals surface area (Å²) in [6.45, 7) is -0.158. The van der Waals surface area contributed by atoms with Crippen LogP contribution in [0.25, 0.3) is 0 Å². The number of benzene rings is 3. The number of nitrogens with one attached hydrogen (secondary N) is 1. The lowest BCUT2D eigenvalue weighted by Crippen LogP contribution is -2.17. The number of nitro groups is 1. The van der Waals surface area contributed by atoms with Crippen LogP contribution in [-0.2, 0) is 11.0 Å². The molecule has 0 aliphatic rings. The molecule has 0 saturated heterocycles. The number of para-hydroxylation sites is 2. The fourth-order valence-corrected chi connectivity index (χ4v) is 2.54. The standard InChI is InChI=1S/C16H12F3NO4.C6H5NO2/c1-23-11-7-5-10(6-8-11)20-15(22)12-3-2-4-13(16(17,18)19)14(12)24-9-21;8-7(9)6-4-2-1-3-5-6/h2-9H,1H3,(H,20,22);1-5H. The van der Waals surface area contributed by atoms with Crippen LogP contribution in [0.3, 0.4) is 0 Å². The molecule has 8 nitrogen and oxygen atoms in total. The average molecular weight is 462 g/mol. The van der Waals surface area contributed by atoms with Gasteiger partial charge in [-0.2, -0.15) is 13.2 Å². The summed E-state index contributed by atoms with van der Waals surface area (Å²) >= 11 is 0. The van der Waals surface area contributed by atoms with Gasteiger partial charge < -0.3 is 14.8 Å². The van der Waals surface area contributed by atoms with Gasteiger partial charge in [0.1, 0.15) is 5.75 Å². The molecule has 3 aromatic carbocycles. The zero-order chi connectivity index (χ0) is 24.4. The Morgan fingerprint density at radius 3 is 2.12 bits per heavy atom. The van der Waals surface area contributed by atoms with Crippen LogP contribution >= 0.6 is 0 Å². The van der Waals surface area contributed by atoms with Gasteiger partial charge in [0.2, 0.25) is 0 Å². The first-order valence-corrected chi connectivity index (χ1v) is 9.12. The third-order valence-corrected chi connectivity index (χ3v) is 4.05. The Hall–Kier alpha value is -4.41. The van der Waals surface area contributed by atoms with Crippen molar-refractivity contribution in [2.45, 2.75) is 6.18 Å². The summed E-state index contributed by atoms with van der Waals surface area (Å²) < 4.78 is 48.3. The summed E-state index contributed by atoms with van der Waals surface area (Å²) in [5, 5.41) is 12.4. The second-order valence-electron chi connectivity index (χ2n) is 6.17. The number of anilines is 1. The van der Waals surface area contributed by atoms with Gasteiger partial charge in [-0.25, -0.2) is 0 Å². The number of hydrogen-bond acceptors (Lipinski definition) is 6. The molecule has 0 aliphatic heterocycles.